The summed E-state index contributed by atoms with van der Waals surface area (Å²) in [6.45, 7) is 5.83. The lowest BCUT2D eigenvalue weighted by molar-refractivity contribution is 1.18. The molecule has 0 saturated carbocycles. The Morgan fingerprint density at radius 1 is 1.33 bits per heavy atom. The minimum atomic E-state index is 1.15. The van der Waals surface area contributed by atoms with Gasteiger partial charge in [-0.1, -0.05) is 18.7 Å². The molecule has 0 unspecified atom stereocenters. The molecular formula is C11H11N. The molecule has 0 amide bonds. The Labute approximate surface area is 72.0 Å². The van der Waals surface area contributed by atoms with Gasteiger partial charge in [0.1, 0.15) is 0 Å². The molecule has 2 heterocycles. The number of fused-ring (bicyclic) bond motifs is 1. The van der Waals surface area contributed by atoms with Crippen LogP contribution in [0.3, 0.4) is 0 Å². The summed E-state index contributed by atoms with van der Waals surface area (Å²) in [5, 5.41) is 0. The number of hydrogen-bond acceptors (Lipinski definition) is 0. The minimum absolute atomic E-state index is 1.15. The lowest BCUT2D eigenvalue weighted by Gasteiger charge is -1.95. The van der Waals surface area contributed by atoms with Crippen LogP contribution in [0.25, 0.3) is 11.6 Å². The first-order valence-electron chi connectivity index (χ1n) is 4.00. The maximum Gasteiger partial charge on any atom is 0.0453 e. The van der Waals surface area contributed by atoms with Gasteiger partial charge in [-0.2, -0.15) is 0 Å². The van der Waals surface area contributed by atoms with E-state index in [2.05, 4.69) is 48.5 Å². The number of pyridine rings is 1. The molecule has 0 aromatic carbocycles. The molecule has 2 aromatic rings. The fourth-order valence-electron chi connectivity index (χ4n) is 1.39. The van der Waals surface area contributed by atoms with Crippen molar-refractivity contribution in [1.82, 2.24) is 4.40 Å². The van der Waals surface area contributed by atoms with E-state index in [1.165, 1.54) is 11.1 Å². The summed E-state index contributed by atoms with van der Waals surface area (Å²) < 4.78 is 2.12. The molecule has 0 aliphatic rings. The molecule has 0 aliphatic carbocycles. The highest BCUT2D eigenvalue weighted by Gasteiger charge is 1.94. The Kier molecular flexibility index (Phi) is 1.51. The van der Waals surface area contributed by atoms with Crippen LogP contribution in [0.4, 0.5) is 0 Å². The topological polar surface area (TPSA) is 4.41 Å². The van der Waals surface area contributed by atoms with E-state index < -0.39 is 0 Å². The van der Waals surface area contributed by atoms with Crippen molar-refractivity contribution in [2.45, 2.75) is 6.92 Å². The Morgan fingerprint density at radius 3 is 2.92 bits per heavy atom. The zero-order chi connectivity index (χ0) is 8.55. The zero-order valence-corrected chi connectivity index (χ0v) is 7.12. The molecule has 0 spiro atoms. The molecule has 0 saturated heterocycles. The molecule has 0 atom stereocenters. The third-order valence-electron chi connectivity index (χ3n) is 1.99. The van der Waals surface area contributed by atoms with Crippen molar-refractivity contribution in [2.24, 2.45) is 0 Å². The smallest absolute Gasteiger partial charge is 0.0453 e. The van der Waals surface area contributed by atoms with Crippen molar-refractivity contribution in [3.63, 3.8) is 0 Å². The fraction of sp³-hybridized carbons (Fsp3) is 0.0909. The number of aryl methyl sites for hydroxylation is 1. The van der Waals surface area contributed by atoms with Crippen molar-refractivity contribution in [3.05, 3.63) is 48.3 Å². The lowest BCUT2D eigenvalue weighted by Crippen LogP contribution is -1.81. The van der Waals surface area contributed by atoms with Crippen molar-refractivity contribution in [2.75, 3.05) is 0 Å². The van der Waals surface area contributed by atoms with Gasteiger partial charge in [0.25, 0.3) is 0 Å². The highest BCUT2D eigenvalue weighted by Crippen LogP contribution is 2.11. The monoisotopic (exact) mass is 157 g/mol. The zero-order valence-electron chi connectivity index (χ0n) is 7.12. The van der Waals surface area contributed by atoms with Gasteiger partial charge in [-0.3, -0.25) is 0 Å². The average Bonchev–Trinajstić information content (AvgIpc) is 2.43. The van der Waals surface area contributed by atoms with Gasteiger partial charge in [-0.15, -0.1) is 0 Å². The SMILES string of the molecule is C=Cc1ccc2cc(C)cn2c1. The van der Waals surface area contributed by atoms with Gasteiger partial charge >= 0.3 is 0 Å². The van der Waals surface area contributed by atoms with Crippen molar-refractivity contribution in [1.29, 1.82) is 0 Å². The van der Waals surface area contributed by atoms with Crippen LogP contribution in [0.5, 0.6) is 0 Å². The van der Waals surface area contributed by atoms with E-state index >= 15 is 0 Å². The highest BCUT2D eigenvalue weighted by molar-refractivity contribution is 5.55. The second-order valence-corrected chi connectivity index (χ2v) is 3.02. The Morgan fingerprint density at radius 2 is 2.17 bits per heavy atom. The van der Waals surface area contributed by atoms with E-state index in [0.717, 1.165) is 5.56 Å². The summed E-state index contributed by atoms with van der Waals surface area (Å²) in [5.74, 6) is 0. The number of nitrogens with zero attached hydrogens (tertiary/aromatic N) is 1. The largest absolute Gasteiger partial charge is 0.323 e. The van der Waals surface area contributed by atoms with Crippen molar-refractivity contribution >= 4 is 11.6 Å². The van der Waals surface area contributed by atoms with Gasteiger partial charge in [0, 0.05) is 17.9 Å². The predicted molar refractivity (Wildman–Crippen MR) is 52.2 cm³/mol. The minimum Gasteiger partial charge on any atom is -0.323 e. The third kappa shape index (κ3) is 1.03. The summed E-state index contributed by atoms with van der Waals surface area (Å²) >= 11 is 0. The standard InChI is InChI=1S/C11H11N/c1-3-10-4-5-11-6-9(2)7-12(11)8-10/h3-8H,1H2,2H3. The number of rotatable bonds is 1. The van der Waals surface area contributed by atoms with Crippen LogP contribution in [0.2, 0.25) is 0 Å². The van der Waals surface area contributed by atoms with E-state index in [1.807, 2.05) is 6.08 Å². The molecule has 0 aliphatic heterocycles. The summed E-state index contributed by atoms with van der Waals surface area (Å²) in [6.07, 6.45) is 6.05. The normalized spacial score (nSPS) is 10.4. The van der Waals surface area contributed by atoms with E-state index in [4.69, 9.17) is 0 Å². The molecular weight excluding hydrogens is 146 g/mol. The molecule has 0 N–H and O–H groups in total. The van der Waals surface area contributed by atoms with E-state index in [1.54, 1.807) is 0 Å². The van der Waals surface area contributed by atoms with Crippen LogP contribution >= 0.6 is 0 Å². The molecule has 0 radical (unpaired) electrons. The maximum atomic E-state index is 3.73. The highest BCUT2D eigenvalue weighted by atomic mass is 14.8. The second kappa shape index (κ2) is 2.52. The molecule has 0 fully saturated rings. The molecule has 2 rings (SSSR count). The molecule has 12 heavy (non-hydrogen) atoms. The molecule has 1 heteroatoms. The molecule has 60 valence electrons. The van der Waals surface area contributed by atoms with E-state index in [9.17, 15) is 0 Å². The predicted octanol–water partition coefficient (Wildman–Crippen LogP) is 2.89. The number of aromatic nitrogens is 1. The van der Waals surface area contributed by atoms with Crippen LogP contribution in [-0.4, -0.2) is 4.40 Å². The fourth-order valence-corrected chi connectivity index (χ4v) is 1.39. The molecule has 2 aromatic heterocycles. The van der Waals surface area contributed by atoms with Gasteiger partial charge in [0.15, 0.2) is 0 Å². The average molecular weight is 157 g/mol. The summed E-state index contributed by atoms with van der Waals surface area (Å²) in [5.41, 5.74) is 3.67. The van der Waals surface area contributed by atoms with Crippen LogP contribution in [0, 0.1) is 6.92 Å². The quantitative estimate of drug-likeness (QED) is 0.599. The van der Waals surface area contributed by atoms with Crippen LogP contribution in [-0.2, 0) is 0 Å². The van der Waals surface area contributed by atoms with Crippen LogP contribution < -0.4 is 0 Å². The first-order chi connectivity index (χ1) is 5.79. The van der Waals surface area contributed by atoms with Crippen LogP contribution in [0.1, 0.15) is 11.1 Å². The first kappa shape index (κ1) is 7.17. The first-order valence-corrected chi connectivity index (χ1v) is 4.00. The third-order valence-corrected chi connectivity index (χ3v) is 1.99. The van der Waals surface area contributed by atoms with Crippen LogP contribution in [0.15, 0.2) is 37.2 Å². The van der Waals surface area contributed by atoms with Gasteiger partial charge in [-0.25, -0.2) is 0 Å². The Balaban J connectivity index is 2.74. The van der Waals surface area contributed by atoms with Crippen molar-refractivity contribution in [3.8, 4) is 0 Å². The lowest BCUT2D eigenvalue weighted by atomic mass is 10.2. The Hall–Kier alpha value is -1.50. The number of hydrogen-bond donors (Lipinski definition) is 0. The summed E-state index contributed by atoms with van der Waals surface area (Å²) in [4.78, 5) is 0. The molecule has 0 bridgehead atoms. The molecule has 1 nitrogen and oxygen atoms in total. The Bertz CT molecular complexity index is 423. The van der Waals surface area contributed by atoms with E-state index in [-0.39, 0.29) is 0 Å². The maximum absolute atomic E-state index is 3.73. The van der Waals surface area contributed by atoms with Crippen molar-refractivity contribution < 1.29 is 0 Å². The van der Waals surface area contributed by atoms with Gasteiger partial charge < -0.3 is 4.40 Å². The van der Waals surface area contributed by atoms with Gasteiger partial charge in [0.2, 0.25) is 0 Å². The van der Waals surface area contributed by atoms with E-state index in [0.29, 0.717) is 0 Å². The summed E-state index contributed by atoms with van der Waals surface area (Å²) in [7, 11) is 0. The summed E-state index contributed by atoms with van der Waals surface area (Å²) in [6, 6.07) is 6.33. The van der Waals surface area contributed by atoms with Gasteiger partial charge in [0.05, 0.1) is 0 Å². The van der Waals surface area contributed by atoms with Gasteiger partial charge in [-0.05, 0) is 30.2 Å². The second-order valence-electron chi connectivity index (χ2n) is 3.02.